The van der Waals surface area contributed by atoms with E-state index in [1.807, 2.05) is 28.8 Å². The van der Waals surface area contributed by atoms with Gasteiger partial charge in [-0.2, -0.15) is 4.99 Å². The number of carbonyl (C=O) groups excluding carboxylic acids is 1. The maximum Gasteiger partial charge on any atom is 0.248 e. The summed E-state index contributed by atoms with van der Waals surface area (Å²) in [4.78, 5) is 18.1. The van der Waals surface area contributed by atoms with Crippen LogP contribution < -0.4 is 4.80 Å². The summed E-state index contributed by atoms with van der Waals surface area (Å²) in [5.41, 5.74) is 0.994. The summed E-state index contributed by atoms with van der Waals surface area (Å²) in [7, 11) is 0. The van der Waals surface area contributed by atoms with Crippen LogP contribution in [0.25, 0.3) is 10.2 Å². The summed E-state index contributed by atoms with van der Waals surface area (Å²) in [6.07, 6.45) is 6.54. The van der Waals surface area contributed by atoms with E-state index in [9.17, 15) is 9.18 Å². The fraction of sp³-hybridized carbons (Fsp3) is 0.200. The van der Waals surface area contributed by atoms with Crippen molar-refractivity contribution >= 4 is 39.2 Å². The molecule has 3 nitrogen and oxygen atoms in total. The van der Waals surface area contributed by atoms with Gasteiger partial charge in [0.1, 0.15) is 5.82 Å². The molecule has 0 N–H and O–H groups in total. The van der Waals surface area contributed by atoms with Crippen LogP contribution in [0.5, 0.6) is 0 Å². The number of amides is 1. The number of thiazole rings is 1. The molecule has 1 heterocycles. The highest BCUT2D eigenvalue weighted by molar-refractivity contribution is 7.99. The van der Waals surface area contributed by atoms with Gasteiger partial charge in [0.15, 0.2) is 4.80 Å². The van der Waals surface area contributed by atoms with Crippen molar-refractivity contribution in [1.82, 2.24) is 4.57 Å². The molecule has 132 valence electrons. The minimum atomic E-state index is -0.244. The normalized spacial score (nSPS) is 11.6. The maximum absolute atomic E-state index is 12.9. The Labute approximate surface area is 159 Å². The van der Waals surface area contributed by atoms with Crippen molar-refractivity contribution in [3.63, 3.8) is 0 Å². The number of carbonyl (C=O) groups is 1. The van der Waals surface area contributed by atoms with E-state index in [2.05, 4.69) is 10.9 Å². The predicted molar refractivity (Wildman–Crippen MR) is 106 cm³/mol. The number of thioether (sulfide) groups is 1. The average Bonchev–Trinajstić information content (AvgIpc) is 2.98. The first kappa shape index (κ1) is 18.4. The van der Waals surface area contributed by atoms with Crippen molar-refractivity contribution in [2.24, 2.45) is 4.99 Å². The molecule has 0 radical (unpaired) electrons. The summed E-state index contributed by atoms with van der Waals surface area (Å²) in [6, 6.07) is 14.2. The Kier molecular flexibility index (Phi) is 6.26. The van der Waals surface area contributed by atoms with Gasteiger partial charge in [-0.05, 0) is 48.6 Å². The van der Waals surface area contributed by atoms with Crippen LogP contribution in [-0.4, -0.2) is 16.2 Å². The molecule has 0 saturated heterocycles. The number of terminal acetylenes is 1. The molecule has 0 aliphatic carbocycles. The van der Waals surface area contributed by atoms with Crippen LogP contribution in [-0.2, 0) is 11.3 Å². The van der Waals surface area contributed by atoms with Crippen LogP contribution in [0.2, 0.25) is 0 Å². The van der Waals surface area contributed by atoms with Crippen LogP contribution >= 0.6 is 23.1 Å². The molecule has 0 aliphatic rings. The minimum Gasteiger partial charge on any atom is -0.305 e. The first-order chi connectivity index (χ1) is 12.7. The number of rotatable bonds is 6. The minimum absolute atomic E-state index is 0.151. The topological polar surface area (TPSA) is 34.4 Å². The third-order valence-corrected chi connectivity index (χ3v) is 5.83. The fourth-order valence-electron chi connectivity index (χ4n) is 2.46. The first-order valence-electron chi connectivity index (χ1n) is 8.15. The van der Waals surface area contributed by atoms with E-state index in [1.165, 1.54) is 23.5 Å². The Morgan fingerprint density at radius 2 is 2.00 bits per heavy atom. The average molecular weight is 385 g/mol. The molecule has 0 saturated carbocycles. The van der Waals surface area contributed by atoms with Gasteiger partial charge in [0.25, 0.3) is 0 Å². The molecule has 0 unspecified atom stereocenters. The van der Waals surface area contributed by atoms with E-state index in [1.54, 1.807) is 23.9 Å². The second-order valence-corrected chi connectivity index (χ2v) is 7.73. The number of fused-ring (bicyclic) bond motifs is 1. The third-order valence-electron chi connectivity index (χ3n) is 3.68. The van der Waals surface area contributed by atoms with Gasteiger partial charge in [-0.25, -0.2) is 4.39 Å². The SMILES string of the molecule is C#CCn1c(=NC(=O)CCCSc2ccc(F)cc2)sc2ccccc21. The van der Waals surface area contributed by atoms with Crippen LogP contribution in [0.1, 0.15) is 12.8 Å². The Morgan fingerprint density at radius 1 is 1.23 bits per heavy atom. The van der Waals surface area contributed by atoms with Crippen LogP contribution in [0.4, 0.5) is 4.39 Å². The first-order valence-corrected chi connectivity index (χ1v) is 9.95. The number of hydrogen-bond donors (Lipinski definition) is 0. The highest BCUT2D eigenvalue weighted by atomic mass is 32.2. The second kappa shape index (κ2) is 8.84. The largest absolute Gasteiger partial charge is 0.305 e. The van der Waals surface area contributed by atoms with E-state index >= 15 is 0 Å². The van der Waals surface area contributed by atoms with Crippen molar-refractivity contribution in [1.29, 1.82) is 0 Å². The molecule has 0 spiro atoms. The lowest BCUT2D eigenvalue weighted by molar-refractivity contribution is -0.118. The van der Waals surface area contributed by atoms with Crippen LogP contribution in [0, 0.1) is 18.2 Å². The monoisotopic (exact) mass is 384 g/mol. The summed E-state index contributed by atoms with van der Waals surface area (Å²) >= 11 is 3.07. The van der Waals surface area contributed by atoms with E-state index in [0.717, 1.165) is 20.9 Å². The third kappa shape index (κ3) is 4.63. The Morgan fingerprint density at radius 3 is 2.77 bits per heavy atom. The second-order valence-electron chi connectivity index (χ2n) is 5.55. The lowest BCUT2D eigenvalue weighted by Crippen LogP contribution is -2.16. The van der Waals surface area contributed by atoms with Gasteiger partial charge >= 0.3 is 0 Å². The number of aromatic nitrogens is 1. The number of hydrogen-bond acceptors (Lipinski definition) is 3. The quantitative estimate of drug-likeness (QED) is 0.357. The molecule has 3 aromatic rings. The molecule has 0 atom stereocenters. The van der Waals surface area contributed by atoms with Crippen molar-refractivity contribution in [2.75, 3.05) is 5.75 Å². The van der Waals surface area contributed by atoms with Gasteiger partial charge in [-0.1, -0.05) is 29.4 Å². The predicted octanol–water partition coefficient (Wildman–Crippen LogP) is 4.47. The van der Waals surface area contributed by atoms with Gasteiger partial charge in [-0.15, -0.1) is 18.2 Å². The number of halogens is 1. The van der Waals surface area contributed by atoms with Crippen LogP contribution in [0.15, 0.2) is 58.4 Å². The lowest BCUT2D eigenvalue weighted by Gasteiger charge is -2.01. The standard InChI is InChI=1S/C20H17FN2OS2/c1-2-13-23-17-6-3-4-7-18(17)26-20(23)22-19(24)8-5-14-25-16-11-9-15(21)10-12-16/h1,3-4,6-7,9-12H,5,8,13-14H2. The van der Waals surface area contributed by atoms with Crippen molar-refractivity contribution in [2.45, 2.75) is 24.3 Å². The van der Waals surface area contributed by atoms with E-state index in [-0.39, 0.29) is 11.7 Å². The summed E-state index contributed by atoms with van der Waals surface area (Å²) < 4.78 is 15.8. The number of para-hydroxylation sites is 1. The zero-order chi connectivity index (χ0) is 18.4. The molecular weight excluding hydrogens is 367 g/mol. The lowest BCUT2D eigenvalue weighted by atomic mass is 10.3. The zero-order valence-corrected chi connectivity index (χ0v) is 15.7. The molecule has 2 aromatic carbocycles. The Hall–Kier alpha value is -2.36. The Balaban J connectivity index is 1.63. The van der Waals surface area contributed by atoms with Crippen molar-refractivity contribution < 1.29 is 9.18 Å². The van der Waals surface area contributed by atoms with Gasteiger partial charge in [0.2, 0.25) is 5.91 Å². The Bertz CT molecular complexity index is 1010. The van der Waals surface area contributed by atoms with Crippen molar-refractivity contribution in [3.05, 3.63) is 59.1 Å². The van der Waals surface area contributed by atoms with E-state index in [0.29, 0.717) is 24.2 Å². The molecule has 0 fully saturated rings. The molecular formula is C20H17FN2OS2. The van der Waals surface area contributed by atoms with Gasteiger partial charge in [0, 0.05) is 11.3 Å². The van der Waals surface area contributed by atoms with Crippen molar-refractivity contribution in [3.8, 4) is 12.3 Å². The van der Waals surface area contributed by atoms with Gasteiger partial charge in [0.05, 0.1) is 16.8 Å². The number of nitrogens with zero attached hydrogens (tertiary/aromatic N) is 2. The summed E-state index contributed by atoms with van der Waals surface area (Å²) in [5.74, 6) is 3.01. The highest BCUT2D eigenvalue weighted by Gasteiger charge is 2.07. The maximum atomic E-state index is 12.9. The molecule has 1 amide bonds. The van der Waals surface area contributed by atoms with Gasteiger partial charge in [-0.3, -0.25) is 4.79 Å². The molecule has 26 heavy (non-hydrogen) atoms. The molecule has 0 bridgehead atoms. The zero-order valence-electron chi connectivity index (χ0n) is 14.0. The molecule has 6 heteroatoms. The molecule has 3 rings (SSSR count). The summed E-state index contributed by atoms with van der Waals surface area (Å²) in [6.45, 7) is 0.385. The summed E-state index contributed by atoms with van der Waals surface area (Å²) in [5, 5.41) is 0. The van der Waals surface area contributed by atoms with E-state index < -0.39 is 0 Å². The van der Waals surface area contributed by atoms with E-state index in [4.69, 9.17) is 6.42 Å². The number of benzene rings is 2. The highest BCUT2D eigenvalue weighted by Crippen LogP contribution is 2.20. The molecule has 1 aromatic heterocycles. The fourth-order valence-corrected chi connectivity index (χ4v) is 4.36. The molecule has 0 aliphatic heterocycles. The van der Waals surface area contributed by atoms with Gasteiger partial charge < -0.3 is 4.57 Å². The smallest absolute Gasteiger partial charge is 0.248 e. The van der Waals surface area contributed by atoms with Crippen LogP contribution in [0.3, 0.4) is 0 Å².